The van der Waals surface area contributed by atoms with Gasteiger partial charge in [-0.1, -0.05) is 37.7 Å². The maximum Gasteiger partial charge on any atom is 0.106 e. The Bertz CT molecular complexity index is 310. The highest BCUT2D eigenvalue weighted by molar-refractivity contribution is 7.80. The summed E-state index contributed by atoms with van der Waals surface area (Å²) in [4.78, 5) is 0.449. The van der Waals surface area contributed by atoms with Crippen molar-refractivity contribution in [2.24, 2.45) is 5.73 Å². The lowest BCUT2D eigenvalue weighted by Gasteiger charge is -2.09. The molecule has 0 saturated carbocycles. The van der Waals surface area contributed by atoms with Gasteiger partial charge in [-0.2, -0.15) is 0 Å². The molecule has 0 saturated heterocycles. The smallest absolute Gasteiger partial charge is 0.106 e. The first-order chi connectivity index (χ1) is 6.75. The van der Waals surface area contributed by atoms with Crippen molar-refractivity contribution in [3.63, 3.8) is 0 Å². The zero-order valence-electron chi connectivity index (χ0n) is 8.42. The summed E-state index contributed by atoms with van der Waals surface area (Å²) in [5, 5.41) is 3.33. The largest absolute Gasteiger partial charge is 0.389 e. The summed E-state index contributed by atoms with van der Waals surface area (Å²) in [5.41, 5.74) is 7.58. The van der Waals surface area contributed by atoms with Crippen molar-refractivity contribution in [2.45, 2.75) is 19.8 Å². The van der Waals surface area contributed by atoms with Crippen LogP contribution in [0.2, 0.25) is 0 Å². The summed E-state index contributed by atoms with van der Waals surface area (Å²) in [6.45, 7) is 3.14. The van der Waals surface area contributed by atoms with Crippen LogP contribution in [0.15, 0.2) is 24.3 Å². The van der Waals surface area contributed by atoms with E-state index in [0.717, 1.165) is 24.2 Å². The van der Waals surface area contributed by atoms with E-state index >= 15 is 0 Å². The Morgan fingerprint density at radius 2 is 2.14 bits per heavy atom. The Balaban J connectivity index is 2.69. The third kappa shape index (κ3) is 3.00. The summed E-state index contributed by atoms with van der Waals surface area (Å²) in [7, 11) is 0. The summed E-state index contributed by atoms with van der Waals surface area (Å²) in [6.07, 6.45) is 2.34. The van der Waals surface area contributed by atoms with Crippen molar-refractivity contribution in [1.82, 2.24) is 0 Å². The monoisotopic (exact) mass is 208 g/mol. The number of nitrogens with one attached hydrogen (secondary N) is 1. The molecule has 0 heterocycles. The van der Waals surface area contributed by atoms with Gasteiger partial charge in [-0.15, -0.1) is 0 Å². The van der Waals surface area contributed by atoms with Crippen molar-refractivity contribution >= 4 is 22.9 Å². The van der Waals surface area contributed by atoms with Crippen LogP contribution in [0, 0.1) is 0 Å². The lowest BCUT2D eigenvalue weighted by Crippen LogP contribution is -2.13. The number of nitrogens with two attached hydrogens (primary N) is 1. The summed E-state index contributed by atoms with van der Waals surface area (Å²) < 4.78 is 0. The van der Waals surface area contributed by atoms with Gasteiger partial charge in [0.25, 0.3) is 0 Å². The number of para-hydroxylation sites is 1. The molecule has 0 bridgehead atoms. The van der Waals surface area contributed by atoms with Gasteiger partial charge in [0.2, 0.25) is 0 Å². The predicted octanol–water partition coefficient (Wildman–Crippen LogP) is 2.53. The van der Waals surface area contributed by atoms with E-state index in [-0.39, 0.29) is 0 Å². The first-order valence-corrected chi connectivity index (χ1v) is 5.29. The van der Waals surface area contributed by atoms with Gasteiger partial charge in [0.15, 0.2) is 0 Å². The van der Waals surface area contributed by atoms with Gasteiger partial charge in [0, 0.05) is 17.8 Å². The lowest BCUT2D eigenvalue weighted by atomic mass is 10.1. The van der Waals surface area contributed by atoms with Crippen molar-refractivity contribution in [3.05, 3.63) is 29.8 Å². The van der Waals surface area contributed by atoms with Gasteiger partial charge < -0.3 is 11.1 Å². The van der Waals surface area contributed by atoms with E-state index < -0.39 is 0 Å². The molecule has 1 aromatic rings. The molecule has 76 valence electrons. The van der Waals surface area contributed by atoms with Gasteiger partial charge in [-0.3, -0.25) is 0 Å². The molecule has 14 heavy (non-hydrogen) atoms. The Morgan fingerprint density at radius 1 is 1.43 bits per heavy atom. The van der Waals surface area contributed by atoms with Gasteiger partial charge in [0.1, 0.15) is 4.99 Å². The van der Waals surface area contributed by atoms with Crippen LogP contribution in [0.1, 0.15) is 25.3 Å². The number of hydrogen-bond donors (Lipinski definition) is 2. The SMILES string of the molecule is CCCCNc1ccccc1C(N)=S. The minimum atomic E-state index is 0.449. The zero-order valence-corrected chi connectivity index (χ0v) is 9.23. The fourth-order valence-corrected chi connectivity index (χ4v) is 1.43. The van der Waals surface area contributed by atoms with Crippen molar-refractivity contribution in [1.29, 1.82) is 0 Å². The first kappa shape index (κ1) is 11.0. The van der Waals surface area contributed by atoms with Crippen LogP contribution in [0.4, 0.5) is 5.69 Å². The minimum absolute atomic E-state index is 0.449. The summed E-state index contributed by atoms with van der Waals surface area (Å²) in [5.74, 6) is 0. The number of rotatable bonds is 5. The molecule has 2 nitrogen and oxygen atoms in total. The van der Waals surface area contributed by atoms with E-state index in [1.807, 2.05) is 24.3 Å². The third-order valence-corrected chi connectivity index (χ3v) is 2.26. The van der Waals surface area contributed by atoms with E-state index in [9.17, 15) is 0 Å². The standard InChI is InChI=1S/C11H16N2S/c1-2-3-8-13-10-7-5-4-6-9(10)11(12)14/h4-7,13H,2-3,8H2,1H3,(H2,12,14). The number of thiocarbonyl (C=S) groups is 1. The van der Waals surface area contributed by atoms with Gasteiger partial charge in [0.05, 0.1) is 0 Å². The molecule has 1 aromatic carbocycles. The molecule has 0 unspecified atom stereocenters. The Hall–Kier alpha value is -1.09. The molecule has 0 radical (unpaired) electrons. The van der Waals surface area contributed by atoms with E-state index in [1.54, 1.807) is 0 Å². The van der Waals surface area contributed by atoms with Gasteiger partial charge in [-0.25, -0.2) is 0 Å². The lowest BCUT2D eigenvalue weighted by molar-refractivity contribution is 0.834. The van der Waals surface area contributed by atoms with E-state index in [2.05, 4.69) is 12.2 Å². The molecule has 1 rings (SSSR count). The Morgan fingerprint density at radius 3 is 2.79 bits per heavy atom. The second-order valence-corrected chi connectivity index (χ2v) is 3.63. The van der Waals surface area contributed by atoms with Crippen LogP contribution in [-0.4, -0.2) is 11.5 Å². The molecule has 0 aliphatic rings. The summed E-state index contributed by atoms with van der Waals surface area (Å²) in [6, 6.07) is 7.87. The number of unbranched alkanes of at least 4 members (excludes halogenated alkanes) is 1. The fraction of sp³-hybridized carbons (Fsp3) is 0.364. The van der Waals surface area contributed by atoms with Crippen LogP contribution < -0.4 is 11.1 Å². The molecular formula is C11H16N2S. The molecule has 3 N–H and O–H groups in total. The normalized spacial score (nSPS) is 9.79. The van der Waals surface area contributed by atoms with Crippen molar-refractivity contribution < 1.29 is 0 Å². The van der Waals surface area contributed by atoms with Crippen LogP contribution >= 0.6 is 12.2 Å². The molecule has 3 heteroatoms. The summed E-state index contributed by atoms with van der Waals surface area (Å²) >= 11 is 4.97. The fourth-order valence-electron chi connectivity index (χ4n) is 1.25. The zero-order chi connectivity index (χ0) is 10.4. The van der Waals surface area contributed by atoms with Crippen LogP contribution in [0.5, 0.6) is 0 Å². The molecule has 0 spiro atoms. The van der Waals surface area contributed by atoms with E-state index in [4.69, 9.17) is 18.0 Å². The van der Waals surface area contributed by atoms with E-state index in [1.165, 1.54) is 6.42 Å². The molecule has 0 aliphatic carbocycles. The molecular weight excluding hydrogens is 192 g/mol. The molecule has 0 aromatic heterocycles. The predicted molar refractivity (Wildman–Crippen MR) is 65.7 cm³/mol. The topological polar surface area (TPSA) is 38.0 Å². The first-order valence-electron chi connectivity index (χ1n) is 4.88. The highest BCUT2D eigenvalue weighted by Crippen LogP contribution is 2.14. The van der Waals surface area contributed by atoms with E-state index in [0.29, 0.717) is 4.99 Å². The molecule has 0 atom stereocenters. The Labute approximate surface area is 90.5 Å². The van der Waals surface area contributed by atoms with Crippen molar-refractivity contribution in [3.8, 4) is 0 Å². The molecule has 0 aliphatic heterocycles. The minimum Gasteiger partial charge on any atom is -0.389 e. The maximum atomic E-state index is 5.61. The third-order valence-electron chi connectivity index (χ3n) is 2.04. The number of benzene rings is 1. The second kappa shape index (κ2) is 5.60. The number of hydrogen-bond acceptors (Lipinski definition) is 2. The van der Waals surface area contributed by atoms with Gasteiger partial charge in [-0.05, 0) is 18.6 Å². The van der Waals surface area contributed by atoms with Crippen LogP contribution in [-0.2, 0) is 0 Å². The molecule has 0 amide bonds. The maximum absolute atomic E-state index is 5.61. The van der Waals surface area contributed by atoms with Crippen LogP contribution in [0.3, 0.4) is 0 Å². The highest BCUT2D eigenvalue weighted by atomic mass is 32.1. The Kier molecular flexibility index (Phi) is 4.40. The van der Waals surface area contributed by atoms with Gasteiger partial charge >= 0.3 is 0 Å². The number of anilines is 1. The quantitative estimate of drug-likeness (QED) is 0.577. The highest BCUT2D eigenvalue weighted by Gasteiger charge is 2.02. The molecule has 0 fully saturated rings. The van der Waals surface area contributed by atoms with Crippen LogP contribution in [0.25, 0.3) is 0 Å². The second-order valence-electron chi connectivity index (χ2n) is 3.19. The average molecular weight is 208 g/mol. The van der Waals surface area contributed by atoms with Crippen molar-refractivity contribution in [2.75, 3.05) is 11.9 Å². The average Bonchev–Trinajstić information content (AvgIpc) is 2.19.